The minimum Gasteiger partial charge on any atom is -0.370 e. The van der Waals surface area contributed by atoms with E-state index in [1.807, 2.05) is 6.07 Å². The average Bonchev–Trinajstić information content (AvgIpc) is 2.22. The van der Waals surface area contributed by atoms with Crippen LogP contribution in [0.25, 0.3) is 0 Å². The number of anilines is 1. The highest BCUT2D eigenvalue weighted by molar-refractivity contribution is 6.33. The van der Waals surface area contributed by atoms with Crippen molar-refractivity contribution in [1.82, 2.24) is 0 Å². The van der Waals surface area contributed by atoms with Gasteiger partial charge in [0.15, 0.2) is 0 Å². The summed E-state index contributed by atoms with van der Waals surface area (Å²) in [6.45, 7) is 6.28. The minimum atomic E-state index is 0.334. The predicted octanol–water partition coefficient (Wildman–Crippen LogP) is 2.82. The molecule has 2 rings (SSSR count). The van der Waals surface area contributed by atoms with Gasteiger partial charge in [-0.2, -0.15) is 0 Å². The van der Waals surface area contributed by atoms with Gasteiger partial charge in [0.1, 0.15) is 0 Å². The molecule has 0 aliphatic carbocycles. The van der Waals surface area contributed by atoms with Gasteiger partial charge >= 0.3 is 0 Å². The lowest BCUT2D eigenvalue weighted by Gasteiger charge is -2.37. The van der Waals surface area contributed by atoms with Crippen LogP contribution in [0.5, 0.6) is 0 Å². The number of benzene rings is 1. The Labute approximate surface area is 102 Å². The number of rotatable bonds is 1. The summed E-state index contributed by atoms with van der Waals surface area (Å²) >= 11 is 6.27. The first kappa shape index (κ1) is 11.7. The van der Waals surface area contributed by atoms with Crippen molar-refractivity contribution < 1.29 is 0 Å². The Hall–Kier alpha value is -0.730. The van der Waals surface area contributed by atoms with Gasteiger partial charge in [-0.1, -0.05) is 24.6 Å². The Morgan fingerprint density at radius 2 is 2.19 bits per heavy atom. The van der Waals surface area contributed by atoms with Gasteiger partial charge in [0.05, 0.1) is 10.7 Å². The number of halogens is 1. The van der Waals surface area contributed by atoms with Crippen molar-refractivity contribution >= 4 is 17.3 Å². The van der Waals surface area contributed by atoms with Crippen molar-refractivity contribution in [2.45, 2.75) is 26.3 Å². The van der Waals surface area contributed by atoms with E-state index >= 15 is 0 Å². The van der Waals surface area contributed by atoms with E-state index in [0.29, 0.717) is 12.0 Å². The van der Waals surface area contributed by atoms with Crippen LogP contribution in [0.2, 0.25) is 5.02 Å². The summed E-state index contributed by atoms with van der Waals surface area (Å²) in [6, 6.07) is 6.58. The maximum absolute atomic E-state index is 6.27. The Morgan fingerprint density at radius 3 is 2.81 bits per heavy atom. The molecule has 1 aliphatic rings. The molecule has 3 heteroatoms. The molecular weight excluding hydrogens is 220 g/mol. The lowest BCUT2D eigenvalue weighted by atomic mass is 9.94. The molecule has 1 aliphatic heterocycles. The van der Waals surface area contributed by atoms with E-state index in [-0.39, 0.29) is 0 Å². The van der Waals surface area contributed by atoms with Crippen LogP contribution in [0.15, 0.2) is 18.2 Å². The van der Waals surface area contributed by atoms with Gasteiger partial charge in [0, 0.05) is 19.1 Å². The molecule has 2 nitrogen and oxygen atoms in total. The van der Waals surface area contributed by atoms with Crippen LogP contribution in [0, 0.1) is 12.8 Å². The van der Waals surface area contributed by atoms with Gasteiger partial charge < -0.3 is 10.6 Å². The molecule has 2 unspecified atom stereocenters. The number of hydrogen-bond acceptors (Lipinski definition) is 2. The topological polar surface area (TPSA) is 29.3 Å². The highest BCUT2D eigenvalue weighted by Gasteiger charge is 2.24. The first-order valence-electron chi connectivity index (χ1n) is 5.84. The van der Waals surface area contributed by atoms with Gasteiger partial charge in [-0.15, -0.1) is 0 Å². The van der Waals surface area contributed by atoms with Crippen molar-refractivity contribution in [3.05, 3.63) is 28.8 Å². The van der Waals surface area contributed by atoms with E-state index in [0.717, 1.165) is 30.2 Å². The van der Waals surface area contributed by atoms with E-state index < -0.39 is 0 Å². The molecule has 0 spiro atoms. The number of nitrogens with zero attached hydrogens (tertiary/aromatic N) is 1. The molecule has 0 amide bonds. The average molecular weight is 239 g/mol. The van der Waals surface area contributed by atoms with Crippen LogP contribution < -0.4 is 10.6 Å². The van der Waals surface area contributed by atoms with Gasteiger partial charge in [-0.05, 0) is 37.0 Å². The second kappa shape index (κ2) is 4.64. The monoisotopic (exact) mass is 238 g/mol. The van der Waals surface area contributed by atoms with E-state index in [4.69, 9.17) is 17.3 Å². The maximum atomic E-state index is 6.27. The highest BCUT2D eigenvalue weighted by Crippen LogP contribution is 2.30. The fraction of sp³-hybridized carbons (Fsp3) is 0.538. The number of hydrogen-bond donors (Lipinski definition) is 1. The number of aryl methyl sites for hydroxylation is 1. The Balaban J connectivity index is 2.18. The van der Waals surface area contributed by atoms with Crippen LogP contribution in [-0.2, 0) is 0 Å². The van der Waals surface area contributed by atoms with E-state index in [1.165, 1.54) is 5.56 Å². The number of nitrogens with two attached hydrogens (primary N) is 1. The molecule has 1 aromatic carbocycles. The summed E-state index contributed by atoms with van der Waals surface area (Å²) in [5.74, 6) is 0.533. The van der Waals surface area contributed by atoms with E-state index in [1.54, 1.807) is 0 Å². The van der Waals surface area contributed by atoms with Crippen molar-refractivity contribution in [1.29, 1.82) is 0 Å². The molecular formula is C13H19ClN2. The molecule has 0 bridgehead atoms. The quantitative estimate of drug-likeness (QED) is 0.815. The molecule has 0 aromatic heterocycles. The third-order valence-electron chi connectivity index (χ3n) is 3.42. The molecule has 0 radical (unpaired) electrons. The summed E-state index contributed by atoms with van der Waals surface area (Å²) in [4.78, 5) is 2.34. The van der Waals surface area contributed by atoms with Gasteiger partial charge in [0.2, 0.25) is 0 Å². The molecule has 2 N–H and O–H groups in total. The predicted molar refractivity (Wildman–Crippen MR) is 70.2 cm³/mol. The smallest absolute Gasteiger partial charge is 0.0642 e. The third kappa shape index (κ3) is 2.33. The molecule has 1 fully saturated rings. The molecule has 1 aromatic rings. The van der Waals surface area contributed by atoms with Crippen LogP contribution in [-0.4, -0.2) is 19.1 Å². The third-order valence-corrected chi connectivity index (χ3v) is 3.72. The summed E-state index contributed by atoms with van der Waals surface area (Å²) in [5, 5.41) is 0.850. The Morgan fingerprint density at radius 1 is 1.44 bits per heavy atom. The minimum absolute atomic E-state index is 0.334. The maximum Gasteiger partial charge on any atom is 0.0642 e. The molecule has 88 valence electrons. The van der Waals surface area contributed by atoms with Crippen LogP contribution >= 0.6 is 11.6 Å². The Bertz CT molecular complexity index is 378. The van der Waals surface area contributed by atoms with Crippen molar-refractivity contribution in [2.75, 3.05) is 18.0 Å². The van der Waals surface area contributed by atoms with Crippen molar-refractivity contribution in [3.63, 3.8) is 0 Å². The lowest BCUT2D eigenvalue weighted by Crippen LogP contribution is -2.46. The molecule has 0 saturated carbocycles. The summed E-state index contributed by atoms with van der Waals surface area (Å²) in [6.07, 6.45) is 1.05. The Kier molecular flexibility index (Phi) is 3.41. The number of piperidine rings is 1. The second-order valence-electron chi connectivity index (χ2n) is 4.83. The standard InChI is InChI=1S/C13H19ClN2/c1-9-3-4-13(11(14)7-9)16-6-5-12(15)10(2)8-16/h3-4,7,10,12H,5-6,8,15H2,1-2H3. The molecule has 1 heterocycles. The fourth-order valence-electron chi connectivity index (χ4n) is 2.25. The van der Waals surface area contributed by atoms with E-state index in [2.05, 4.69) is 30.9 Å². The zero-order valence-electron chi connectivity index (χ0n) is 9.91. The second-order valence-corrected chi connectivity index (χ2v) is 5.24. The summed E-state index contributed by atoms with van der Waals surface area (Å²) < 4.78 is 0. The van der Waals surface area contributed by atoms with Crippen LogP contribution in [0.1, 0.15) is 18.9 Å². The fourth-order valence-corrected chi connectivity index (χ4v) is 2.61. The lowest BCUT2D eigenvalue weighted by molar-refractivity contribution is 0.383. The molecule has 16 heavy (non-hydrogen) atoms. The van der Waals surface area contributed by atoms with Crippen molar-refractivity contribution in [3.8, 4) is 0 Å². The summed E-state index contributed by atoms with van der Waals surface area (Å²) in [7, 11) is 0. The normalized spacial score (nSPS) is 25.9. The van der Waals surface area contributed by atoms with Gasteiger partial charge in [-0.3, -0.25) is 0 Å². The highest BCUT2D eigenvalue weighted by atomic mass is 35.5. The largest absolute Gasteiger partial charge is 0.370 e. The first-order valence-corrected chi connectivity index (χ1v) is 6.22. The molecule has 2 atom stereocenters. The van der Waals surface area contributed by atoms with Crippen LogP contribution in [0.4, 0.5) is 5.69 Å². The van der Waals surface area contributed by atoms with E-state index in [9.17, 15) is 0 Å². The zero-order chi connectivity index (χ0) is 11.7. The van der Waals surface area contributed by atoms with Crippen molar-refractivity contribution in [2.24, 2.45) is 11.7 Å². The van der Waals surface area contributed by atoms with Gasteiger partial charge in [0.25, 0.3) is 0 Å². The zero-order valence-corrected chi connectivity index (χ0v) is 10.7. The molecule has 1 saturated heterocycles. The first-order chi connectivity index (χ1) is 7.58. The summed E-state index contributed by atoms with van der Waals surface area (Å²) in [5.41, 5.74) is 8.37. The van der Waals surface area contributed by atoms with Crippen LogP contribution in [0.3, 0.4) is 0 Å². The van der Waals surface area contributed by atoms with Gasteiger partial charge in [-0.25, -0.2) is 0 Å². The SMILES string of the molecule is Cc1ccc(N2CCC(N)C(C)C2)c(Cl)c1.